The molecule has 3 rings (SSSR count). The van der Waals surface area contributed by atoms with Crippen LogP contribution in [-0.4, -0.2) is 43.3 Å². The molecule has 1 aliphatic rings. The molecule has 1 saturated heterocycles. The maximum absolute atomic E-state index is 12.4. The molecule has 1 amide bonds. The minimum Gasteiger partial charge on any atom is -0.337 e. The van der Waals surface area contributed by atoms with Gasteiger partial charge in [0.1, 0.15) is 5.69 Å². The summed E-state index contributed by atoms with van der Waals surface area (Å²) >= 11 is 5.89. The van der Waals surface area contributed by atoms with Crippen LogP contribution < -0.4 is 4.72 Å². The molecule has 132 valence electrons. The number of carbonyl (C=O) groups is 1. The highest BCUT2D eigenvalue weighted by molar-refractivity contribution is 7.89. The molecule has 1 fully saturated rings. The summed E-state index contributed by atoms with van der Waals surface area (Å²) in [4.78, 5) is 18.4. The molecule has 1 aromatic heterocycles. The molecule has 1 N–H and O–H groups in total. The highest BCUT2D eigenvalue weighted by Gasteiger charge is 2.27. The van der Waals surface area contributed by atoms with E-state index >= 15 is 0 Å². The van der Waals surface area contributed by atoms with E-state index < -0.39 is 10.0 Å². The maximum atomic E-state index is 12.4. The van der Waals surface area contributed by atoms with Gasteiger partial charge in [-0.15, -0.1) is 0 Å². The van der Waals surface area contributed by atoms with E-state index in [1.54, 1.807) is 41.3 Å². The molecule has 1 aliphatic heterocycles. The molecule has 0 spiro atoms. The zero-order chi connectivity index (χ0) is 17.9. The van der Waals surface area contributed by atoms with Crippen molar-refractivity contribution in [2.24, 2.45) is 0 Å². The molecule has 2 heterocycles. The van der Waals surface area contributed by atoms with Crippen molar-refractivity contribution < 1.29 is 13.2 Å². The summed E-state index contributed by atoms with van der Waals surface area (Å²) in [6, 6.07) is 11.2. The van der Waals surface area contributed by atoms with Gasteiger partial charge in [0.15, 0.2) is 0 Å². The third kappa shape index (κ3) is 4.36. The number of halogens is 1. The molecule has 2 aromatic rings. The van der Waals surface area contributed by atoms with E-state index in [2.05, 4.69) is 9.71 Å². The highest BCUT2D eigenvalue weighted by atomic mass is 35.5. The molecule has 0 atom stereocenters. The number of hydrogen-bond acceptors (Lipinski definition) is 4. The fraction of sp³-hybridized carbons (Fsp3) is 0.294. The third-order valence-corrected chi connectivity index (χ3v) is 5.87. The third-order valence-electron chi connectivity index (χ3n) is 4.10. The summed E-state index contributed by atoms with van der Waals surface area (Å²) in [5, 5.41) is 0.462. The summed E-state index contributed by atoms with van der Waals surface area (Å²) in [7, 11) is -3.54. The van der Waals surface area contributed by atoms with Gasteiger partial charge in [-0.05, 0) is 37.1 Å². The molecule has 0 radical (unpaired) electrons. The molecule has 0 unspecified atom stereocenters. The lowest BCUT2D eigenvalue weighted by Crippen LogP contribution is -2.46. The van der Waals surface area contributed by atoms with Gasteiger partial charge in [-0.1, -0.05) is 29.8 Å². The Hall–Kier alpha value is -1.96. The van der Waals surface area contributed by atoms with Crippen LogP contribution in [0.2, 0.25) is 5.02 Å². The first-order chi connectivity index (χ1) is 12.0. The summed E-state index contributed by atoms with van der Waals surface area (Å²) < 4.78 is 27.4. The van der Waals surface area contributed by atoms with Crippen LogP contribution in [0.1, 0.15) is 23.3 Å². The molecule has 25 heavy (non-hydrogen) atoms. The second kappa shape index (κ2) is 7.51. The lowest BCUT2D eigenvalue weighted by Gasteiger charge is -2.32. The number of rotatable bonds is 4. The van der Waals surface area contributed by atoms with E-state index in [4.69, 9.17) is 11.6 Å². The van der Waals surface area contributed by atoms with Gasteiger partial charge in [-0.2, -0.15) is 0 Å². The summed E-state index contributed by atoms with van der Waals surface area (Å²) in [5.41, 5.74) is 0.302. The number of amides is 1. The van der Waals surface area contributed by atoms with E-state index in [-0.39, 0.29) is 16.8 Å². The normalized spacial score (nSPS) is 16.0. The summed E-state index contributed by atoms with van der Waals surface area (Å²) in [5.74, 6) is -0.188. The number of piperidine rings is 1. The second-order valence-electron chi connectivity index (χ2n) is 5.86. The number of sulfonamides is 1. The zero-order valence-corrected chi connectivity index (χ0v) is 15.0. The predicted octanol–water partition coefficient (Wildman–Crippen LogP) is 2.32. The summed E-state index contributed by atoms with van der Waals surface area (Å²) in [6.45, 7) is 0.935. The zero-order valence-electron chi connectivity index (χ0n) is 13.4. The van der Waals surface area contributed by atoms with Gasteiger partial charge in [0, 0.05) is 30.4 Å². The van der Waals surface area contributed by atoms with Crippen molar-refractivity contribution >= 4 is 27.5 Å². The predicted molar refractivity (Wildman–Crippen MR) is 94.9 cm³/mol. The van der Waals surface area contributed by atoms with E-state index in [0.717, 1.165) is 0 Å². The lowest BCUT2D eigenvalue weighted by atomic mass is 10.1. The van der Waals surface area contributed by atoms with Crippen LogP contribution in [0.4, 0.5) is 0 Å². The van der Waals surface area contributed by atoms with Gasteiger partial charge in [0.25, 0.3) is 5.91 Å². The van der Waals surface area contributed by atoms with Crippen LogP contribution >= 0.6 is 11.6 Å². The number of aromatic nitrogens is 1. The standard InChI is InChI=1S/C17H18ClN3O3S/c18-13-6-9-19-16(12-13)17(22)21-10-7-14(8-11-21)20-25(23,24)15-4-2-1-3-5-15/h1-6,9,12,14,20H,7-8,10-11H2. The van der Waals surface area contributed by atoms with E-state index in [1.165, 1.54) is 12.3 Å². The second-order valence-corrected chi connectivity index (χ2v) is 8.01. The Morgan fingerprint density at radius 2 is 1.84 bits per heavy atom. The minimum atomic E-state index is -3.54. The first-order valence-electron chi connectivity index (χ1n) is 7.94. The quantitative estimate of drug-likeness (QED) is 0.884. The van der Waals surface area contributed by atoms with Gasteiger partial charge in [-0.3, -0.25) is 9.78 Å². The average molecular weight is 380 g/mol. The lowest BCUT2D eigenvalue weighted by molar-refractivity contribution is 0.0705. The van der Waals surface area contributed by atoms with Gasteiger partial charge in [0.2, 0.25) is 10.0 Å². The van der Waals surface area contributed by atoms with Gasteiger partial charge in [-0.25, -0.2) is 13.1 Å². The Labute approximate surface area is 151 Å². The SMILES string of the molecule is O=C(c1cc(Cl)ccn1)N1CCC(NS(=O)(=O)c2ccccc2)CC1. The Bertz CT molecular complexity index is 850. The number of nitrogens with zero attached hydrogens (tertiary/aromatic N) is 2. The monoisotopic (exact) mass is 379 g/mol. The van der Waals surface area contributed by atoms with Crippen LogP contribution in [-0.2, 0) is 10.0 Å². The Balaban J connectivity index is 1.60. The minimum absolute atomic E-state index is 0.188. The molecule has 0 saturated carbocycles. The fourth-order valence-corrected chi connectivity index (χ4v) is 4.26. The van der Waals surface area contributed by atoms with Crippen LogP contribution in [0.5, 0.6) is 0 Å². The number of pyridine rings is 1. The number of nitrogens with one attached hydrogen (secondary N) is 1. The average Bonchev–Trinajstić information content (AvgIpc) is 2.62. The molecule has 0 bridgehead atoms. The van der Waals surface area contributed by atoms with Crippen LogP contribution in [0.15, 0.2) is 53.6 Å². The van der Waals surface area contributed by atoms with Crippen molar-refractivity contribution in [3.8, 4) is 0 Å². The van der Waals surface area contributed by atoms with Crippen molar-refractivity contribution in [1.29, 1.82) is 0 Å². The van der Waals surface area contributed by atoms with Crippen LogP contribution in [0.25, 0.3) is 0 Å². The molecule has 0 aliphatic carbocycles. The van der Waals surface area contributed by atoms with Crippen LogP contribution in [0, 0.1) is 0 Å². The van der Waals surface area contributed by atoms with Gasteiger partial charge >= 0.3 is 0 Å². The Kier molecular flexibility index (Phi) is 5.36. The molecular weight excluding hydrogens is 362 g/mol. The van der Waals surface area contributed by atoms with E-state index in [1.807, 2.05) is 0 Å². The van der Waals surface area contributed by atoms with Gasteiger partial charge in [0.05, 0.1) is 4.90 Å². The number of carbonyl (C=O) groups excluding carboxylic acids is 1. The molecule has 1 aromatic carbocycles. The highest BCUT2D eigenvalue weighted by Crippen LogP contribution is 2.17. The van der Waals surface area contributed by atoms with Crippen LogP contribution in [0.3, 0.4) is 0 Å². The Morgan fingerprint density at radius 1 is 1.16 bits per heavy atom. The Morgan fingerprint density at radius 3 is 2.48 bits per heavy atom. The van der Waals surface area contributed by atoms with Gasteiger partial charge < -0.3 is 4.90 Å². The number of likely N-dealkylation sites (tertiary alicyclic amines) is 1. The number of benzene rings is 1. The van der Waals surface area contributed by atoms with Crippen molar-refractivity contribution in [2.45, 2.75) is 23.8 Å². The topological polar surface area (TPSA) is 79.4 Å². The first kappa shape index (κ1) is 17.8. The fourth-order valence-electron chi connectivity index (χ4n) is 2.77. The smallest absolute Gasteiger partial charge is 0.272 e. The number of hydrogen-bond donors (Lipinski definition) is 1. The molecular formula is C17H18ClN3O3S. The largest absolute Gasteiger partial charge is 0.337 e. The van der Waals surface area contributed by atoms with E-state index in [9.17, 15) is 13.2 Å². The van der Waals surface area contributed by atoms with Crippen molar-refractivity contribution in [2.75, 3.05) is 13.1 Å². The first-order valence-corrected chi connectivity index (χ1v) is 9.80. The molecule has 8 heteroatoms. The summed E-state index contributed by atoms with van der Waals surface area (Å²) in [6.07, 6.45) is 2.60. The maximum Gasteiger partial charge on any atom is 0.272 e. The molecule has 6 nitrogen and oxygen atoms in total. The van der Waals surface area contributed by atoms with Crippen molar-refractivity contribution in [3.63, 3.8) is 0 Å². The van der Waals surface area contributed by atoms with E-state index in [0.29, 0.717) is 36.6 Å². The van der Waals surface area contributed by atoms with Crippen molar-refractivity contribution in [1.82, 2.24) is 14.6 Å². The van der Waals surface area contributed by atoms with Crippen molar-refractivity contribution in [3.05, 3.63) is 59.4 Å².